The normalized spacial score (nSPS) is 13.7. The van der Waals surface area contributed by atoms with Crippen LogP contribution >= 0.6 is 0 Å². The molecule has 0 saturated carbocycles. The first-order valence-corrected chi connectivity index (χ1v) is 16.5. The second kappa shape index (κ2) is 12.2. The summed E-state index contributed by atoms with van der Waals surface area (Å²) in [6.07, 6.45) is 1.94. The average molecular weight is 609 g/mol. The SMILES string of the molecule is CC(C)(C)[Si](OCCC[C@@H](O)[C@@H](On1nnc2ccccc21)n1cnc2c(N)ncnc21)(c1ccccc1)c1ccccc1. The Balaban J connectivity index is 1.27. The Morgan fingerprint density at radius 2 is 1.55 bits per heavy atom. The Hall–Kier alpha value is -4.65. The predicted octanol–water partition coefficient (Wildman–Crippen LogP) is 3.50. The van der Waals surface area contributed by atoms with Crippen LogP contribution in [0.4, 0.5) is 5.82 Å². The minimum atomic E-state index is -2.71. The molecule has 0 amide bonds. The molecule has 0 aliphatic heterocycles. The summed E-state index contributed by atoms with van der Waals surface area (Å²) in [4.78, 5) is 20.4. The lowest BCUT2D eigenvalue weighted by Crippen LogP contribution is -2.66. The number of imidazole rings is 1. The molecule has 0 radical (unpaired) electrons. The molecular formula is C32H36N8O3Si. The third-order valence-electron chi connectivity index (χ3n) is 7.90. The van der Waals surface area contributed by atoms with Crippen LogP contribution < -0.4 is 20.9 Å². The molecule has 0 bridgehead atoms. The highest BCUT2D eigenvalue weighted by Gasteiger charge is 2.50. The first-order valence-electron chi connectivity index (χ1n) is 14.6. The van der Waals surface area contributed by atoms with E-state index in [9.17, 15) is 5.11 Å². The molecule has 44 heavy (non-hydrogen) atoms. The maximum atomic E-state index is 11.6. The Morgan fingerprint density at radius 1 is 0.886 bits per heavy atom. The zero-order chi connectivity index (χ0) is 30.7. The minimum absolute atomic E-state index is 0.149. The smallest absolute Gasteiger partial charge is 0.261 e. The number of nitrogen functional groups attached to an aromatic ring is 1. The van der Waals surface area contributed by atoms with E-state index in [1.165, 1.54) is 21.5 Å². The molecule has 2 atom stereocenters. The van der Waals surface area contributed by atoms with Gasteiger partial charge in [-0.05, 0) is 45.6 Å². The quantitative estimate of drug-likeness (QED) is 0.167. The molecule has 3 aromatic carbocycles. The Morgan fingerprint density at radius 3 is 2.23 bits per heavy atom. The number of aliphatic hydroxyl groups excluding tert-OH is 1. The summed E-state index contributed by atoms with van der Waals surface area (Å²) >= 11 is 0. The van der Waals surface area contributed by atoms with Gasteiger partial charge in [-0.25, -0.2) is 15.0 Å². The van der Waals surface area contributed by atoms with Gasteiger partial charge in [0.2, 0.25) is 6.23 Å². The van der Waals surface area contributed by atoms with E-state index in [0.717, 1.165) is 0 Å². The molecule has 3 heterocycles. The monoisotopic (exact) mass is 608 g/mol. The van der Waals surface area contributed by atoms with Crippen LogP contribution in [0.1, 0.15) is 39.8 Å². The number of benzene rings is 3. The zero-order valence-electron chi connectivity index (χ0n) is 25.0. The maximum absolute atomic E-state index is 11.6. The molecule has 0 unspecified atom stereocenters. The lowest BCUT2D eigenvalue weighted by Gasteiger charge is -2.43. The fourth-order valence-electron chi connectivity index (χ4n) is 5.81. The molecule has 12 heteroatoms. The molecule has 0 saturated heterocycles. The highest BCUT2D eigenvalue weighted by molar-refractivity contribution is 6.99. The lowest BCUT2D eigenvalue weighted by molar-refractivity contribution is -0.0971. The van der Waals surface area contributed by atoms with Crippen LogP contribution in [-0.2, 0) is 4.43 Å². The van der Waals surface area contributed by atoms with E-state index in [-0.39, 0.29) is 10.9 Å². The average Bonchev–Trinajstić information content (AvgIpc) is 3.65. The molecule has 226 valence electrons. The molecule has 3 N–H and O–H groups in total. The molecular weight excluding hydrogens is 572 g/mol. The zero-order valence-corrected chi connectivity index (χ0v) is 26.0. The third-order valence-corrected chi connectivity index (χ3v) is 12.9. The van der Waals surface area contributed by atoms with Gasteiger partial charge in [0.05, 0.1) is 0 Å². The Kier molecular flexibility index (Phi) is 8.12. The standard InChI is InChI=1S/C32H36N8O3Si/c1-32(2,3)44(23-13-6-4-7-14-23,24-15-8-5-9-16-24)42-20-12-19-27(41)31(39-22-36-28-29(33)34-21-35-30(28)39)43-40-26-18-11-10-17-25(26)37-38-40/h4-11,13-18,21-22,27,31,41H,12,19-20H2,1-3H3,(H2,33,34,35)/t27-,31-/m1/s1. The summed E-state index contributed by atoms with van der Waals surface area (Å²) in [5.41, 5.74) is 8.25. The number of anilines is 1. The van der Waals surface area contributed by atoms with Crippen molar-refractivity contribution >= 4 is 46.7 Å². The number of aliphatic hydroxyl groups is 1. The van der Waals surface area contributed by atoms with E-state index in [0.29, 0.717) is 41.6 Å². The van der Waals surface area contributed by atoms with Crippen LogP contribution in [0.25, 0.3) is 22.2 Å². The molecule has 3 aromatic heterocycles. The van der Waals surface area contributed by atoms with Gasteiger partial charge in [-0.2, -0.15) is 0 Å². The van der Waals surface area contributed by atoms with Crippen molar-refractivity contribution in [2.45, 2.75) is 51.0 Å². The van der Waals surface area contributed by atoms with E-state index < -0.39 is 20.6 Å². The van der Waals surface area contributed by atoms with Crippen molar-refractivity contribution in [3.8, 4) is 0 Å². The summed E-state index contributed by atoms with van der Waals surface area (Å²) in [5, 5.41) is 22.3. The third kappa shape index (κ3) is 5.43. The van der Waals surface area contributed by atoms with Crippen molar-refractivity contribution < 1.29 is 14.4 Å². The molecule has 6 aromatic rings. The van der Waals surface area contributed by atoms with Crippen LogP contribution in [0, 0.1) is 0 Å². The summed E-state index contributed by atoms with van der Waals surface area (Å²) < 4.78 is 8.69. The molecule has 0 aliphatic rings. The Labute approximate surface area is 256 Å². The highest BCUT2D eigenvalue weighted by Crippen LogP contribution is 2.37. The largest absolute Gasteiger partial charge is 0.407 e. The minimum Gasteiger partial charge on any atom is -0.407 e. The number of rotatable bonds is 11. The second-order valence-corrected chi connectivity index (χ2v) is 16.1. The van der Waals surface area contributed by atoms with E-state index in [4.69, 9.17) is 15.0 Å². The van der Waals surface area contributed by atoms with Gasteiger partial charge in [0.1, 0.15) is 35.3 Å². The topological polar surface area (TPSA) is 139 Å². The van der Waals surface area contributed by atoms with Gasteiger partial charge in [-0.15, -0.1) is 5.10 Å². The molecule has 6 rings (SSSR count). The number of aromatic nitrogens is 7. The van der Waals surface area contributed by atoms with Gasteiger partial charge in [0.25, 0.3) is 8.32 Å². The molecule has 0 spiro atoms. The van der Waals surface area contributed by atoms with Gasteiger partial charge >= 0.3 is 0 Å². The summed E-state index contributed by atoms with van der Waals surface area (Å²) in [6.45, 7) is 7.19. The molecule has 11 nitrogen and oxygen atoms in total. The summed E-state index contributed by atoms with van der Waals surface area (Å²) in [7, 11) is -2.71. The van der Waals surface area contributed by atoms with Crippen LogP contribution in [0.2, 0.25) is 5.04 Å². The van der Waals surface area contributed by atoms with Crippen molar-refractivity contribution in [2.75, 3.05) is 12.3 Å². The fourth-order valence-corrected chi connectivity index (χ4v) is 10.4. The van der Waals surface area contributed by atoms with E-state index >= 15 is 0 Å². The number of nitrogens with zero attached hydrogens (tertiary/aromatic N) is 7. The number of para-hydroxylation sites is 1. The molecule has 0 aliphatic carbocycles. The van der Waals surface area contributed by atoms with Gasteiger partial charge in [0, 0.05) is 6.61 Å². The highest BCUT2D eigenvalue weighted by atomic mass is 28.4. The molecule has 0 fully saturated rings. The van der Waals surface area contributed by atoms with Crippen LogP contribution in [0.3, 0.4) is 0 Å². The first kappa shape index (κ1) is 29.4. The van der Waals surface area contributed by atoms with Crippen molar-refractivity contribution in [2.24, 2.45) is 0 Å². The number of nitrogens with two attached hydrogens (primary N) is 1. The summed E-state index contributed by atoms with van der Waals surface area (Å²) in [5.74, 6) is 0.242. The number of fused-ring (bicyclic) bond motifs is 2. The van der Waals surface area contributed by atoms with Gasteiger partial charge in [-0.1, -0.05) is 98.4 Å². The van der Waals surface area contributed by atoms with Crippen LogP contribution in [0.15, 0.2) is 97.6 Å². The van der Waals surface area contributed by atoms with Crippen LogP contribution in [0.5, 0.6) is 0 Å². The lowest BCUT2D eigenvalue weighted by atomic mass is 10.2. The van der Waals surface area contributed by atoms with Gasteiger partial charge in [-0.3, -0.25) is 4.57 Å². The van der Waals surface area contributed by atoms with Crippen molar-refractivity contribution in [1.82, 2.24) is 34.7 Å². The van der Waals surface area contributed by atoms with Crippen molar-refractivity contribution in [1.29, 1.82) is 0 Å². The van der Waals surface area contributed by atoms with Crippen molar-refractivity contribution in [3.05, 3.63) is 97.6 Å². The van der Waals surface area contributed by atoms with Gasteiger partial charge < -0.3 is 20.1 Å². The fraction of sp³-hybridized carbons (Fsp3) is 0.281. The maximum Gasteiger partial charge on any atom is 0.261 e. The first-order chi connectivity index (χ1) is 21.3. The Bertz CT molecular complexity index is 1800. The van der Waals surface area contributed by atoms with Crippen molar-refractivity contribution in [3.63, 3.8) is 0 Å². The summed E-state index contributed by atoms with van der Waals surface area (Å²) in [6, 6.07) is 28.5. The van der Waals surface area contributed by atoms with Crippen LogP contribution in [-0.4, -0.2) is 60.8 Å². The van der Waals surface area contributed by atoms with E-state index in [1.807, 2.05) is 36.4 Å². The number of hydrogen-bond donors (Lipinski definition) is 2. The van der Waals surface area contributed by atoms with Gasteiger partial charge in [0.15, 0.2) is 11.5 Å². The number of hydrogen-bond acceptors (Lipinski definition) is 9. The van der Waals surface area contributed by atoms with E-state index in [2.05, 4.69) is 94.6 Å². The predicted molar refractivity (Wildman–Crippen MR) is 172 cm³/mol. The second-order valence-electron chi connectivity index (χ2n) is 11.8. The van der Waals surface area contributed by atoms with E-state index in [1.54, 1.807) is 10.9 Å².